The summed E-state index contributed by atoms with van der Waals surface area (Å²) in [5.41, 5.74) is 0. The van der Waals surface area contributed by atoms with Gasteiger partial charge in [-0.3, -0.25) is 9.69 Å². The fraction of sp³-hybridized carbons (Fsp3) is 0.964. The second kappa shape index (κ2) is 17.9. The fourth-order valence-corrected chi connectivity index (χ4v) is 5.42. The molecule has 0 N–H and O–H groups in total. The summed E-state index contributed by atoms with van der Waals surface area (Å²) in [5.74, 6) is 1.37. The Hall–Kier alpha value is -0.570. The van der Waals surface area contributed by atoms with E-state index in [0.717, 1.165) is 44.7 Å². The van der Waals surface area contributed by atoms with Crippen molar-refractivity contribution in [3.8, 4) is 0 Å². The van der Waals surface area contributed by atoms with Gasteiger partial charge in [-0.05, 0) is 38.1 Å². The average molecular weight is 437 g/mol. The average Bonchev–Trinajstić information content (AvgIpc) is 2.79. The summed E-state index contributed by atoms with van der Waals surface area (Å²) in [7, 11) is 0. The molecule has 3 atom stereocenters. The summed E-state index contributed by atoms with van der Waals surface area (Å²) < 4.78 is 0. The van der Waals surface area contributed by atoms with Gasteiger partial charge < -0.3 is 4.90 Å². The standard InChI is InChI=1S/C28H56N2O/c1-6-11-14-19-25(18-13-8-3)20-16-17-22-29-23-26(9-4)30(27(10-5)24-29)28(31)21-15-12-7-2/h25-27H,6-24H2,1-5H3/t25?,26-,27+. The van der Waals surface area contributed by atoms with E-state index in [9.17, 15) is 4.79 Å². The van der Waals surface area contributed by atoms with Gasteiger partial charge in [0.15, 0.2) is 0 Å². The Morgan fingerprint density at radius 2 is 1.23 bits per heavy atom. The molecule has 1 rings (SSSR count). The first-order valence-electron chi connectivity index (χ1n) is 14.1. The summed E-state index contributed by atoms with van der Waals surface area (Å²) in [5, 5.41) is 0. The summed E-state index contributed by atoms with van der Waals surface area (Å²) in [4.78, 5) is 17.9. The highest BCUT2D eigenvalue weighted by Crippen LogP contribution is 2.25. The van der Waals surface area contributed by atoms with E-state index in [2.05, 4.69) is 44.4 Å². The molecule has 184 valence electrons. The summed E-state index contributed by atoms with van der Waals surface area (Å²) in [6, 6.07) is 0.832. The molecule has 0 aromatic heterocycles. The van der Waals surface area contributed by atoms with Crippen LogP contribution in [0.5, 0.6) is 0 Å². The monoisotopic (exact) mass is 436 g/mol. The molecule has 1 heterocycles. The molecule has 0 radical (unpaired) electrons. The highest BCUT2D eigenvalue weighted by molar-refractivity contribution is 5.77. The van der Waals surface area contributed by atoms with Crippen LogP contribution in [0.2, 0.25) is 0 Å². The van der Waals surface area contributed by atoms with Crippen LogP contribution in [0.15, 0.2) is 0 Å². The molecule has 0 saturated carbocycles. The lowest BCUT2D eigenvalue weighted by Gasteiger charge is -2.47. The number of carbonyl (C=O) groups is 1. The zero-order valence-electron chi connectivity index (χ0n) is 22.0. The fourth-order valence-electron chi connectivity index (χ4n) is 5.42. The van der Waals surface area contributed by atoms with Crippen LogP contribution in [0.3, 0.4) is 0 Å². The van der Waals surface area contributed by atoms with Gasteiger partial charge in [0.25, 0.3) is 0 Å². The van der Waals surface area contributed by atoms with Gasteiger partial charge in [-0.2, -0.15) is 0 Å². The smallest absolute Gasteiger partial charge is 0.223 e. The Morgan fingerprint density at radius 1 is 0.710 bits per heavy atom. The van der Waals surface area contributed by atoms with Crippen molar-refractivity contribution in [2.75, 3.05) is 19.6 Å². The lowest BCUT2D eigenvalue weighted by molar-refractivity contribution is -0.140. The van der Waals surface area contributed by atoms with E-state index in [4.69, 9.17) is 0 Å². The van der Waals surface area contributed by atoms with E-state index in [0.29, 0.717) is 18.0 Å². The van der Waals surface area contributed by atoms with Crippen molar-refractivity contribution in [2.45, 2.75) is 149 Å². The first kappa shape index (κ1) is 28.5. The molecule has 0 bridgehead atoms. The number of rotatable bonds is 18. The third-order valence-corrected chi connectivity index (χ3v) is 7.47. The Balaban J connectivity index is 2.47. The van der Waals surface area contributed by atoms with Crippen molar-refractivity contribution >= 4 is 5.91 Å². The predicted molar refractivity (Wildman–Crippen MR) is 137 cm³/mol. The molecule has 0 aromatic carbocycles. The third kappa shape index (κ3) is 11.2. The van der Waals surface area contributed by atoms with Crippen LogP contribution in [0.1, 0.15) is 137 Å². The van der Waals surface area contributed by atoms with Gasteiger partial charge in [0, 0.05) is 31.6 Å². The van der Waals surface area contributed by atoms with Crippen LogP contribution in [-0.2, 0) is 4.79 Å². The number of nitrogens with zero attached hydrogens (tertiary/aromatic N) is 2. The van der Waals surface area contributed by atoms with Crippen molar-refractivity contribution in [1.29, 1.82) is 0 Å². The van der Waals surface area contributed by atoms with Crippen molar-refractivity contribution in [3.05, 3.63) is 0 Å². The minimum absolute atomic E-state index is 0.414. The molecule has 1 amide bonds. The molecular weight excluding hydrogens is 380 g/mol. The molecule has 31 heavy (non-hydrogen) atoms. The van der Waals surface area contributed by atoms with Crippen molar-refractivity contribution in [2.24, 2.45) is 5.92 Å². The molecular formula is C28H56N2O. The second-order valence-electron chi connectivity index (χ2n) is 10.1. The Bertz CT molecular complexity index is 425. The summed E-state index contributed by atoms with van der Waals surface area (Å²) >= 11 is 0. The molecule has 0 aromatic rings. The number of unbranched alkanes of at least 4 members (excludes halogenated alkanes) is 6. The Labute approximate surface area is 195 Å². The van der Waals surface area contributed by atoms with E-state index in [1.807, 2.05) is 0 Å². The number of amides is 1. The number of hydrogen-bond acceptors (Lipinski definition) is 2. The van der Waals surface area contributed by atoms with E-state index < -0.39 is 0 Å². The van der Waals surface area contributed by atoms with Gasteiger partial charge in [0.2, 0.25) is 5.91 Å². The lowest BCUT2D eigenvalue weighted by Crippen LogP contribution is -2.60. The molecule has 1 unspecified atom stereocenters. The topological polar surface area (TPSA) is 23.6 Å². The summed E-state index contributed by atoms with van der Waals surface area (Å²) in [6.45, 7) is 14.8. The van der Waals surface area contributed by atoms with Crippen LogP contribution in [0.25, 0.3) is 0 Å². The molecule has 3 nitrogen and oxygen atoms in total. The normalized spacial score (nSPS) is 20.9. The third-order valence-electron chi connectivity index (χ3n) is 7.47. The zero-order chi connectivity index (χ0) is 22.9. The highest BCUT2D eigenvalue weighted by Gasteiger charge is 2.35. The molecule has 1 aliphatic heterocycles. The summed E-state index contributed by atoms with van der Waals surface area (Å²) in [6.07, 6.45) is 20.3. The Kier molecular flexibility index (Phi) is 16.5. The molecule has 1 aliphatic rings. The number of carbonyl (C=O) groups excluding carboxylic acids is 1. The Morgan fingerprint density at radius 3 is 1.77 bits per heavy atom. The highest BCUT2D eigenvalue weighted by atomic mass is 16.2. The maximum absolute atomic E-state index is 13.0. The van der Waals surface area contributed by atoms with Crippen molar-refractivity contribution in [1.82, 2.24) is 9.80 Å². The van der Waals surface area contributed by atoms with Gasteiger partial charge in [-0.25, -0.2) is 0 Å². The van der Waals surface area contributed by atoms with Crippen LogP contribution >= 0.6 is 0 Å². The van der Waals surface area contributed by atoms with Gasteiger partial charge in [-0.15, -0.1) is 0 Å². The van der Waals surface area contributed by atoms with E-state index in [-0.39, 0.29) is 0 Å². The zero-order valence-corrected chi connectivity index (χ0v) is 22.0. The van der Waals surface area contributed by atoms with Crippen molar-refractivity contribution in [3.63, 3.8) is 0 Å². The van der Waals surface area contributed by atoms with E-state index in [1.165, 1.54) is 83.6 Å². The van der Waals surface area contributed by atoms with Gasteiger partial charge >= 0.3 is 0 Å². The first-order valence-corrected chi connectivity index (χ1v) is 14.1. The van der Waals surface area contributed by atoms with Crippen LogP contribution < -0.4 is 0 Å². The first-order chi connectivity index (χ1) is 15.1. The van der Waals surface area contributed by atoms with E-state index >= 15 is 0 Å². The number of hydrogen-bond donors (Lipinski definition) is 0. The largest absolute Gasteiger partial charge is 0.334 e. The van der Waals surface area contributed by atoms with Gasteiger partial charge in [0.05, 0.1) is 0 Å². The van der Waals surface area contributed by atoms with Crippen LogP contribution in [-0.4, -0.2) is 47.4 Å². The molecule has 1 saturated heterocycles. The molecule has 3 heteroatoms. The van der Waals surface area contributed by atoms with Gasteiger partial charge in [-0.1, -0.05) is 105 Å². The minimum atomic E-state index is 0.414. The second-order valence-corrected chi connectivity index (χ2v) is 10.1. The molecule has 0 spiro atoms. The quantitative estimate of drug-likeness (QED) is 0.204. The van der Waals surface area contributed by atoms with Crippen LogP contribution in [0.4, 0.5) is 0 Å². The SMILES string of the molecule is CCCCCC(=O)N1[C@H](CC)CN(CCCCC(CCCC)CCCCC)C[C@@H]1CC. The minimum Gasteiger partial charge on any atom is -0.334 e. The maximum atomic E-state index is 13.0. The van der Waals surface area contributed by atoms with Gasteiger partial charge in [0.1, 0.15) is 0 Å². The molecule has 1 fully saturated rings. The number of piperazine rings is 1. The predicted octanol–water partition coefficient (Wildman–Crippen LogP) is 7.83. The lowest BCUT2D eigenvalue weighted by atomic mass is 9.90. The van der Waals surface area contributed by atoms with Crippen LogP contribution in [0, 0.1) is 5.92 Å². The van der Waals surface area contributed by atoms with Crippen molar-refractivity contribution < 1.29 is 4.79 Å². The van der Waals surface area contributed by atoms with E-state index in [1.54, 1.807) is 0 Å². The molecule has 0 aliphatic carbocycles. The maximum Gasteiger partial charge on any atom is 0.223 e.